The number of fused-ring (bicyclic) bond motifs is 1. The highest BCUT2D eigenvalue weighted by atomic mass is 19.1. The van der Waals surface area contributed by atoms with Gasteiger partial charge < -0.3 is 20.0 Å². The number of amides is 1. The van der Waals surface area contributed by atoms with Gasteiger partial charge in [-0.3, -0.25) is 4.79 Å². The second-order valence-electron chi connectivity index (χ2n) is 8.82. The van der Waals surface area contributed by atoms with Crippen molar-refractivity contribution in [3.8, 4) is 11.1 Å². The molecule has 174 valence electrons. The first kappa shape index (κ1) is 22.1. The van der Waals surface area contributed by atoms with E-state index in [4.69, 9.17) is 4.42 Å². The molecule has 7 heteroatoms. The largest absolute Gasteiger partial charge is 0.423 e. The van der Waals surface area contributed by atoms with Crippen molar-refractivity contribution in [2.24, 2.45) is 5.92 Å². The quantitative estimate of drug-likeness (QED) is 0.409. The van der Waals surface area contributed by atoms with E-state index in [1.165, 1.54) is 12.1 Å². The average Bonchev–Trinajstić information content (AvgIpc) is 3.54. The highest BCUT2D eigenvalue weighted by Crippen LogP contribution is 2.28. The topological polar surface area (TPSA) is 70.4 Å². The van der Waals surface area contributed by atoms with E-state index in [0.29, 0.717) is 40.3 Å². The van der Waals surface area contributed by atoms with Gasteiger partial charge in [-0.05, 0) is 85.9 Å². The molecule has 4 aromatic rings. The lowest BCUT2D eigenvalue weighted by Crippen LogP contribution is -2.36. The number of aromatic nitrogens is 1. The van der Waals surface area contributed by atoms with Crippen LogP contribution in [0.3, 0.4) is 0 Å². The molecule has 6 nitrogen and oxygen atoms in total. The number of halogens is 1. The maximum absolute atomic E-state index is 13.1. The number of nitrogens with one attached hydrogen (secondary N) is 2. The predicted molar refractivity (Wildman–Crippen MR) is 133 cm³/mol. The third-order valence-electron chi connectivity index (χ3n) is 6.65. The summed E-state index contributed by atoms with van der Waals surface area (Å²) in [6.07, 6.45) is 1.15. The van der Waals surface area contributed by atoms with Gasteiger partial charge in [-0.25, -0.2) is 4.39 Å². The van der Waals surface area contributed by atoms with E-state index in [1.54, 1.807) is 24.3 Å². The van der Waals surface area contributed by atoms with Gasteiger partial charge in [0.1, 0.15) is 11.3 Å². The zero-order valence-corrected chi connectivity index (χ0v) is 19.2. The first-order chi connectivity index (χ1) is 16.5. The Balaban J connectivity index is 1.28. The van der Waals surface area contributed by atoms with Crippen LogP contribution >= 0.6 is 0 Å². The summed E-state index contributed by atoms with van der Waals surface area (Å²) in [5.74, 6) is 0.0701. The van der Waals surface area contributed by atoms with Crippen LogP contribution < -0.4 is 15.5 Å². The maximum atomic E-state index is 13.1. The standard InChI is InChI=1S/C27H27FN4O2/c1-17(21-13-14-29-16-21)32(2)27-31-24-15-23(11-12-25(24)34-27)30-26(33)20-5-3-18(4-6-20)19-7-9-22(28)10-8-19/h3-12,15,17,21,29H,13-14,16H2,1-2H3,(H,30,33). The zero-order valence-electron chi connectivity index (χ0n) is 19.2. The van der Waals surface area contributed by atoms with Gasteiger partial charge in [0.2, 0.25) is 0 Å². The van der Waals surface area contributed by atoms with Gasteiger partial charge in [0.15, 0.2) is 5.58 Å². The monoisotopic (exact) mass is 458 g/mol. The number of benzene rings is 3. The molecule has 2 heterocycles. The van der Waals surface area contributed by atoms with Crippen LogP contribution in [0.4, 0.5) is 16.1 Å². The summed E-state index contributed by atoms with van der Waals surface area (Å²) in [6, 6.07) is 19.8. The van der Waals surface area contributed by atoms with Crippen molar-refractivity contribution in [2.45, 2.75) is 19.4 Å². The molecule has 2 atom stereocenters. The van der Waals surface area contributed by atoms with Crippen LogP contribution in [-0.4, -0.2) is 37.1 Å². The lowest BCUT2D eigenvalue weighted by molar-refractivity contribution is 0.102. The van der Waals surface area contributed by atoms with Crippen LogP contribution in [-0.2, 0) is 0 Å². The molecule has 1 aromatic heterocycles. The fourth-order valence-corrected chi connectivity index (χ4v) is 4.38. The van der Waals surface area contributed by atoms with E-state index in [1.807, 2.05) is 37.4 Å². The molecular formula is C27H27FN4O2. The number of oxazole rings is 1. The molecule has 0 spiro atoms. The van der Waals surface area contributed by atoms with Crippen LogP contribution in [0.15, 0.2) is 71.1 Å². The first-order valence-electron chi connectivity index (χ1n) is 11.5. The molecule has 1 saturated heterocycles. The van der Waals surface area contributed by atoms with Gasteiger partial charge >= 0.3 is 0 Å². The second kappa shape index (κ2) is 9.27. The molecule has 1 aliphatic rings. The Hall–Kier alpha value is -3.71. The molecular weight excluding hydrogens is 431 g/mol. The van der Waals surface area contributed by atoms with Crippen molar-refractivity contribution in [2.75, 3.05) is 30.4 Å². The van der Waals surface area contributed by atoms with Gasteiger partial charge in [-0.15, -0.1) is 0 Å². The highest BCUT2D eigenvalue weighted by Gasteiger charge is 2.26. The van der Waals surface area contributed by atoms with Crippen molar-refractivity contribution in [1.29, 1.82) is 0 Å². The summed E-state index contributed by atoms with van der Waals surface area (Å²) in [7, 11) is 2.01. The van der Waals surface area contributed by atoms with Gasteiger partial charge in [0, 0.05) is 24.3 Å². The molecule has 0 bridgehead atoms. The maximum Gasteiger partial charge on any atom is 0.298 e. The summed E-state index contributed by atoms with van der Waals surface area (Å²) < 4.78 is 19.1. The number of carbonyl (C=O) groups is 1. The van der Waals surface area contributed by atoms with Crippen molar-refractivity contribution in [1.82, 2.24) is 10.3 Å². The van der Waals surface area contributed by atoms with E-state index < -0.39 is 0 Å². The van der Waals surface area contributed by atoms with Crippen molar-refractivity contribution < 1.29 is 13.6 Å². The summed E-state index contributed by atoms with van der Waals surface area (Å²) in [5.41, 5.74) is 4.37. The first-order valence-corrected chi connectivity index (χ1v) is 11.5. The van der Waals surface area contributed by atoms with E-state index in [2.05, 4.69) is 27.4 Å². The van der Waals surface area contributed by atoms with Gasteiger partial charge in [0.25, 0.3) is 11.9 Å². The molecule has 0 radical (unpaired) electrons. The number of rotatable bonds is 6. The minimum Gasteiger partial charge on any atom is -0.423 e. The Labute approximate surface area is 197 Å². The van der Waals surface area contributed by atoms with E-state index in [-0.39, 0.29) is 11.7 Å². The third-order valence-corrected chi connectivity index (χ3v) is 6.65. The van der Waals surface area contributed by atoms with Crippen molar-refractivity contribution >= 4 is 28.7 Å². The Bertz CT molecular complexity index is 1290. The molecule has 1 aliphatic heterocycles. The molecule has 34 heavy (non-hydrogen) atoms. The molecule has 2 N–H and O–H groups in total. The lowest BCUT2D eigenvalue weighted by Gasteiger charge is -2.27. The molecule has 5 rings (SSSR count). The summed E-state index contributed by atoms with van der Waals surface area (Å²) in [4.78, 5) is 19.5. The number of hydrogen-bond donors (Lipinski definition) is 2. The zero-order chi connectivity index (χ0) is 23.7. The highest BCUT2D eigenvalue weighted by molar-refractivity contribution is 6.05. The van der Waals surface area contributed by atoms with Crippen molar-refractivity contribution in [3.05, 3.63) is 78.1 Å². The van der Waals surface area contributed by atoms with Crippen molar-refractivity contribution in [3.63, 3.8) is 0 Å². The summed E-state index contributed by atoms with van der Waals surface area (Å²) in [5, 5.41) is 6.34. The Morgan fingerprint density at radius 2 is 1.82 bits per heavy atom. The van der Waals surface area contributed by atoms with Crippen LogP contribution in [0.5, 0.6) is 0 Å². The Kier molecular flexibility index (Phi) is 6.02. The molecule has 2 unspecified atom stereocenters. The lowest BCUT2D eigenvalue weighted by atomic mass is 10.00. The number of anilines is 2. The second-order valence-corrected chi connectivity index (χ2v) is 8.82. The van der Waals surface area contributed by atoms with Crippen LogP contribution in [0.25, 0.3) is 22.2 Å². The molecule has 3 aromatic carbocycles. The Morgan fingerprint density at radius 1 is 1.12 bits per heavy atom. The smallest absolute Gasteiger partial charge is 0.298 e. The molecule has 0 aliphatic carbocycles. The van der Waals surface area contributed by atoms with Gasteiger partial charge in [-0.1, -0.05) is 24.3 Å². The summed E-state index contributed by atoms with van der Waals surface area (Å²) in [6.45, 7) is 4.25. The molecule has 0 saturated carbocycles. The third kappa shape index (κ3) is 4.52. The van der Waals surface area contributed by atoms with Crippen LogP contribution in [0.1, 0.15) is 23.7 Å². The SMILES string of the molecule is CC(C1CCNC1)N(C)c1nc2cc(NC(=O)c3ccc(-c4ccc(F)cc4)cc3)ccc2o1. The normalized spacial score (nSPS) is 16.5. The van der Waals surface area contributed by atoms with Crippen LogP contribution in [0, 0.1) is 11.7 Å². The number of carbonyl (C=O) groups excluding carboxylic acids is 1. The average molecular weight is 459 g/mol. The minimum absolute atomic E-state index is 0.215. The number of nitrogens with zero attached hydrogens (tertiary/aromatic N) is 2. The number of hydrogen-bond acceptors (Lipinski definition) is 5. The van der Waals surface area contributed by atoms with Gasteiger partial charge in [-0.2, -0.15) is 4.98 Å². The molecule has 1 amide bonds. The summed E-state index contributed by atoms with van der Waals surface area (Å²) >= 11 is 0. The van der Waals surface area contributed by atoms with E-state index in [0.717, 1.165) is 30.6 Å². The fourth-order valence-electron chi connectivity index (χ4n) is 4.38. The van der Waals surface area contributed by atoms with Gasteiger partial charge in [0.05, 0.1) is 0 Å². The van der Waals surface area contributed by atoms with E-state index >= 15 is 0 Å². The van der Waals surface area contributed by atoms with Crippen LogP contribution in [0.2, 0.25) is 0 Å². The fraction of sp³-hybridized carbons (Fsp3) is 0.259. The minimum atomic E-state index is -0.275. The Morgan fingerprint density at radius 3 is 2.50 bits per heavy atom. The van der Waals surface area contributed by atoms with E-state index in [9.17, 15) is 9.18 Å². The molecule has 1 fully saturated rings. The predicted octanol–water partition coefficient (Wildman–Crippen LogP) is 5.32.